The predicted octanol–water partition coefficient (Wildman–Crippen LogP) is 2.36. The summed E-state index contributed by atoms with van der Waals surface area (Å²) in [6.45, 7) is 1.54. The zero-order valence-corrected chi connectivity index (χ0v) is 12.7. The van der Waals surface area contributed by atoms with Crippen molar-refractivity contribution >= 4 is 17.7 Å². The van der Waals surface area contributed by atoms with E-state index in [1.165, 1.54) is 6.92 Å². The van der Waals surface area contributed by atoms with Crippen LogP contribution in [0.4, 0.5) is 0 Å². The summed E-state index contributed by atoms with van der Waals surface area (Å²) in [5.74, 6) is -0.922. The molecule has 0 heterocycles. The third-order valence-electron chi connectivity index (χ3n) is 3.16. The Kier molecular flexibility index (Phi) is 5.63. The molecule has 0 radical (unpaired) electrons. The Balaban J connectivity index is 1.88. The SMILES string of the molecule is CC(=O)NCc1ccc(C(=O)OCC(=O)c2ccccc2)cc1. The average Bonchev–Trinajstić information content (AvgIpc) is 2.58. The van der Waals surface area contributed by atoms with Crippen LogP contribution in [0.3, 0.4) is 0 Å². The van der Waals surface area contributed by atoms with Crippen LogP contribution in [-0.4, -0.2) is 24.3 Å². The van der Waals surface area contributed by atoms with E-state index in [0.29, 0.717) is 17.7 Å². The van der Waals surface area contributed by atoms with Gasteiger partial charge in [0, 0.05) is 19.0 Å². The molecule has 0 spiro atoms. The fourth-order valence-corrected chi connectivity index (χ4v) is 1.91. The molecule has 0 unspecified atom stereocenters. The summed E-state index contributed by atoms with van der Waals surface area (Å²) < 4.78 is 5.02. The first-order valence-electron chi connectivity index (χ1n) is 7.15. The Bertz CT molecular complexity index is 693. The maximum absolute atomic E-state index is 11.9. The minimum absolute atomic E-state index is 0.118. The van der Waals surface area contributed by atoms with E-state index < -0.39 is 5.97 Å². The fourth-order valence-electron chi connectivity index (χ4n) is 1.91. The molecule has 0 aliphatic heterocycles. The van der Waals surface area contributed by atoms with Gasteiger partial charge in [-0.2, -0.15) is 0 Å². The number of amides is 1. The molecule has 118 valence electrons. The highest BCUT2D eigenvalue weighted by Gasteiger charge is 2.11. The molecular weight excluding hydrogens is 294 g/mol. The second-order valence-corrected chi connectivity index (χ2v) is 4.97. The fraction of sp³-hybridized carbons (Fsp3) is 0.167. The van der Waals surface area contributed by atoms with Gasteiger partial charge in [0.05, 0.1) is 5.56 Å². The monoisotopic (exact) mass is 311 g/mol. The van der Waals surface area contributed by atoms with Crippen molar-refractivity contribution in [2.24, 2.45) is 0 Å². The van der Waals surface area contributed by atoms with Crippen LogP contribution >= 0.6 is 0 Å². The quantitative estimate of drug-likeness (QED) is 0.656. The summed E-state index contributed by atoms with van der Waals surface area (Å²) in [5.41, 5.74) is 1.74. The van der Waals surface area contributed by atoms with E-state index in [4.69, 9.17) is 4.74 Å². The third kappa shape index (κ3) is 5.07. The first-order valence-corrected chi connectivity index (χ1v) is 7.15. The van der Waals surface area contributed by atoms with Crippen molar-refractivity contribution in [3.05, 3.63) is 71.3 Å². The lowest BCUT2D eigenvalue weighted by Crippen LogP contribution is -2.19. The summed E-state index contributed by atoms with van der Waals surface area (Å²) in [7, 11) is 0. The number of Topliss-reactive ketones (excluding diaryl/α,β-unsaturated/α-hetero) is 1. The van der Waals surface area contributed by atoms with Crippen LogP contribution in [0.5, 0.6) is 0 Å². The molecule has 2 aromatic carbocycles. The van der Waals surface area contributed by atoms with Gasteiger partial charge >= 0.3 is 5.97 Å². The maximum Gasteiger partial charge on any atom is 0.338 e. The summed E-state index contributed by atoms with van der Waals surface area (Å²) >= 11 is 0. The van der Waals surface area contributed by atoms with Crippen molar-refractivity contribution in [3.63, 3.8) is 0 Å². The van der Waals surface area contributed by atoms with Gasteiger partial charge in [-0.15, -0.1) is 0 Å². The highest BCUT2D eigenvalue weighted by Crippen LogP contribution is 2.07. The normalized spacial score (nSPS) is 9.96. The maximum atomic E-state index is 11.9. The highest BCUT2D eigenvalue weighted by molar-refractivity contribution is 5.99. The summed E-state index contributed by atoms with van der Waals surface area (Å²) in [6, 6.07) is 15.3. The standard InChI is InChI=1S/C18H17NO4/c1-13(20)19-11-14-7-9-16(10-8-14)18(22)23-12-17(21)15-5-3-2-4-6-15/h2-10H,11-12H2,1H3,(H,19,20). The van der Waals surface area contributed by atoms with E-state index >= 15 is 0 Å². The number of hydrogen-bond acceptors (Lipinski definition) is 4. The van der Waals surface area contributed by atoms with Crippen LogP contribution in [0.1, 0.15) is 33.2 Å². The Morgan fingerprint density at radius 2 is 1.57 bits per heavy atom. The second-order valence-electron chi connectivity index (χ2n) is 4.97. The number of ketones is 1. The Hall–Kier alpha value is -2.95. The molecule has 0 fully saturated rings. The molecule has 0 aromatic heterocycles. The molecule has 0 saturated carbocycles. The number of rotatable bonds is 6. The van der Waals surface area contributed by atoms with Gasteiger partial charge in [0.25, 0.3) is 0 Å². The average molecular weight is 311 g/mol. The van der Waals surface area contributed by atoms with Gasteiger partial charge in [0.1, 0.15) is 0 Å². The Morgan fingerprint density at radius 1 is 0.913 bits per heavy atom. The zero-order valence-electron chi connectivity index (χ0n) is 12.7. The molecule has 2 aromatic rings. The lowest BCUT2D eigenvalue weighted by atomic mass is 10.1. The van der Waals surface area contributed by atoms with E-state index in [0.717, 1.165) is 5.56 Å². The molecule has 0 atom stereocenters. The van der Waals surface area contributed by atoms with E-state index in [1.807, 2.05) is 6.07 Å². The molecule has 1 amide bonds. The molecule has 23 heavy (non-hydrogen) atoms. The number of ether oxygens (including phenoxy) is 1. The molecule has 0 aliphatic carbocycles. The molecule has 2 rings (SSSR count). The lowest BCUT2D eigenvalue weighted by molar-refractivity contribution is -0.119. The predicted molar refractivity (Wildman–Crippen MR) is 85.0 cm³/mol. The number of hydrogen-bond donors (Lipinski definition) is 1. The van der Waals surface area contributed by atoms with Crippen LogP contribution in [-0.2, 0) is 16.1 Å². The van der Waals surface area contributed by atoms with Gasteiger partial charge in [0.15, 0.2) is 12.4 Å². The van der Waals surface area contributed by atoms with Gasteiger partial charge in [-0.1, -0.05) is 42.5 Å². The smallest absolute Gasteiger partial charge is 0.338 e. The van der Waals surface area contributed by atoms with Gasteiger partial charge in [-0.3, -0.25) is 9.59 Å². The van der Waals surface area contributed by atoms with Crippen molar-refractivity contribution in [1.82, 2.24) is 5.32 Å². The third-order valence-corrected chi connectivity index (χ3v) is 3.16. The number of esters is 1. The summed E-state index contributed by atoms with van der Waals surface area (Å²) in [6.07, 6.45) is 0. The molecular formula is C18H17NO4. The molecule has 1 N–H and O–H groups in total. The van der Waals surface area contributed by atoms with Crippen LogP contribution in [0.25, 0.3) is 0 Å². The van der Waals surface area contributed by atoms with Crippen molar-refractivity contribution in [2.45, 2.75) is 13.5 Å². The van der Waals surface area contributed by atoms with Crippen LogP contribution in [0, 0.1) is 0 Å². The van der Waals surface area contributed by atoms with Gasteiger partial charge in [-0.05, 0) is 17.7 Å². The number of nitrogens with one attached hydrogen (secondary N) is 1. The van der Waals surface area contributed by atoms with Gasteiger partial charge in [0.2, 0.25) is 5.91 Å². The van der Waals surface area contributed by atoms with E-state index in [1.54, 1.807) is 48.5 Å². The van der Waals surface area contributed by atoms with E-state index in [9.17, 15) is 14.4 Å². The summed E-state index contributed by atoms with van der Waals surface area (Å²) in [4.78, 5) is 34.6. The molecule has 0 bridgehead atoms. The minimum atomic E-state index is -0.555. The number of benzene rings is 2. The van der Waals surface area contributed by atoms with Crippen LogP contribution < -0.4 is 5.32 Å². The second kappa shape index (κ2) is 7.89. The van der Waals surface area contributed by atoms with Crippen LogP contribution in [0.15, 0.2) is 54.6 Å². The van der Waals surface area contributed by atoms with Gasteiger partial charge in [-0.25, -0.2) is 4.79 Å². The van der Waals surface area contributed by atoms with Crippen molar-refractivity contribution in [3.8, 4) is 0 Å². The highest BCUT2D eigenvalue weighted by atomic mass is 16.5. The molecule has 5 nitrogen and oxygen atoms in total. The largest absolute Gasteiger partial charge is 0.454 e. The molecule has 0 aliphatic rings. The lowest BCUT2D eigenvalue weighted by Gasteiger charge is -2.06. The van der Waals surface area contributed by atoms with Crippen molar-refractivity contribution in [2.75, 3.05) is 6.61 Å². The zero-order chi connectivity index (χ0) is 16.7. The van der Waals surface area contributed by atoms with Crippen molar-refractivity contribution in [1.29, 1.82) is 0 Å². The Labute approximate surface area is 134 Å². The van der Waals surface area contributed by atoms with E-state index in [2.05, 4.69) is 5.32 Å². The van der Waals surface area contributed by atoms with Crippen molar-refractivity contribution < 1.29 is 19.1 Å². The number of carbonyl (C=O) groups is 3. The summed E-state index contributed by atoms with van der Waals surface area (Å²) in [5, 5.41) is 2.67. The molecule has 0 saturated heterocycles. The first kappa shape index (κ1) is 16.4. The van der Waals surface area contributed by atoms with Crippen LogP contribution in [0.2, 0.25) is 0 Å². The first-order chi connectivity index (χ1) is 11.1. The topological polar surface area (TPSA) is 72.5 Å². The Morgan fingerprint density at radius 3 is 2.17 bits per heavy atom. The van der Waals surface area contributed by atoms with E-state index in [-0.39, 0.29) is 18.3 Å². The minimum Gasteiger partial charge on any atom is -0.454 e. The van der Waals surface area contributed by atoms with Gasteiger partial charge < -0.3 is 10.1 Å². The molecule has 5 heteroatoms. The number of carbonyl (C=O) groups excluding carboxylic acids is 3.